The van der Waals surface area contributed by atoms with Gasteiger partial charge in [0, 0.05) is 34.2 Å². The molecule has 0 unspecified atom stereocenters. The maximum absolute atomic E-state index is 13.7. The van der Waals surface area contributed by atoms with Crippen molar-refractivity contribution in [2.24, 2.45) is 17.8 Å². The quantitative estimate of drug-likeness (QED) is 0.275. The first kappa shape index (κ1) is 36.1. The van der Waals surface area contributed by atoms with Gasteiger partial charge in [-0.25, -0.2) is 0 Å². The van der Waals surface area contributed by atoms with Gasteiger partial charge < -0.3 is 29.7 Å². The SMILES string of the molecule is C/C=C(\C)[C@H](O)[C@@H](C)NC(=O)[C@H](C)[C@@H](OC)[C@@H]1CCCN1C(=O)C[C@@H](OC)[C@H]([C@@H](C)CC)N(C)C(=O)CC(C)C. The molecule has 1 fully saturated rings. The van der Waals surface area contributed by atoms with E-state index in [0.29, 0.717) is 13.0 Å². The van der Waals surface area contributed by atoms with Gasteiger partial charge in [-0.05, 0) is 51.0 Å². The molecule has 0 spiro atoms. The van der Waals surface area contributed by atoms with Crippen LogP contribution in [0.1, 0.15) is 87.5 Å². The number of allylic oxidation sites excluding steroid dienone is 1. The topological polar surface area (TPSA) is 108 Å². The number of carbonyl (C=O) groups excluding carboxylic acids is 3. The van der Waals surface area contributed by atoms with E-state index >= 15 is 0 Å². The lowest BCUT2D eigenvalue weighted by atomic mass is 9.90. The Hall–Kier alpha value is -1.97. The number of likely N-dealkylation sites (N-methyl/N-ethyl adjacent to an activating group) is 1. The fourth-order valence-electron chi connectivity index (χ4n) is 5.82. The smallest absolute Gasteiger partial charge is 0.225 e. The third-order valence-electron chi connectivity index (χ3n) is 8.65. The summed E-state index contributed by atoms with van der Waals surface area (Å²) < 4.78 is 11.7. The van der Waals surface area contributed by atoms with Gasteiger partial charge in [0.2, 0.25) is 17.7 Å². The minimum Gasteiger partial charge on any atom is -0.387 e. The van der Waals surface area contributed by atoms with Crippen molar-refractivity contribution >= 4 is 17.7 Å². The summed E-state index contributed by atoms with van der Waals surface area (Å²) in [6.07, 6.45) is 3.09. The predicted molar refractivity (Wildman–Crippen MR) is 159 cm³/mol. The van der Waals surface area contributed by atoms with Crippen LogP contribution in [-0.2, 0) is 23.9 Å². The van der Waals surface area contributed by atoms with E-state index in [9.17, 15) is 19.5 Å². The van der Waals surface area contributed by atoms with Crippen molar-refractivity contribution in [1.82, 2.24) is 15.1 Å². The fraction of sp³-hybridized carbons (Fsp3) is 0.839. The second-order valence-corrected chi connectivity index (χ2v) is 12.0. The summed E-state index contributed by atoms with van der Waals surface area (Å²) in [5, 5.41) is 13.4. The third-order valence-corrected chi connectivity index (χ3v) is 8.65. The van der Waals surface area contributed by atoms with Gasteiger partial charge in [-0.2, -0.15) is 0 Å². The molecule has 0 aromatic rings. The Kier molecular flexibility index (Phi) is 15.4. The number of hydrogen-bond donors (Lipinski definition) is 2. The highest BCUT2D eigenvalue weighted by molar-refractivity contribution is 5.81. The number of amides is 3. The Labute approximate surface area is 243 Å². The molecule has 40 heavy (non-hydrogen) atoms. The first-order chi connectivity index (χ1) is 18.7. The Morgan fingerprint density at radius 1 is 1.10 bits per heavy atom. The second kappa shape index (κ2) is 17.1. The fourth-order valence-corrected chi connectivity index (χ4v) is 5.82. The van der Waals surface area contributed by atoms with Crippen LogP contribution in [0.3, 0.4) is 0 Å². The molecule has 9 nitrogen and oxygen atoms in total. The molecule has 1 aliphatic heterocycles. The van der Waals surface area contributed by atoms with Gasteiger partial charge in [0.1, 0.15) is 0 Å². The van der Waals surface area contributed by atoms with E-state index in [1.54, 1.807) is 33.0 Å². The van der Waals surface area contributed by atoms with E-state index in [0.717, 1.165) is 24.8 Å². The van der Waals surface area contributed by atoms with E-state index in [-0.39, 0.29) is 48.1 Å². The molecule has 1 saturated heterocycles. The zero-order valence-electron chi connectivity index (χ0n) is 26.9. The summed E-state index contributed by atoms with van der Waals surface area (Å²) in [6, 6.07) is -0.946. The number of nitrogens with zero attached hydrogens (tertiary/aromatic N) is 2. The molecule has 0 aliphatic carbocycles. The first-order valence-corrected chi connectivity index (χ1v) is 15.0. The highest BCUT2D eigenvalue weighted by Crippen LogP contribution is 2.29. The van der Waals surface area contributed by atoms with Crippen molar-refractivity contribution < 1.29 is 29.0 Å². The number of carbonyl (C=O) groups is 3. The average molecular weight is 568 g/mol. The van der Waals surface area contributed by atoms with Crippen LogP contribution in [0, 0.1) is 17.8 Å². The lowest BCUT2D eigenvalue weighted by Gasteiger charge is -2.39. The Bertz CT molecular complexity index is 847. The van der Waals surface area contributed by atoms with Gasteiger partial charge in [0.25, 0.3) is 0 Å². The van der Waals surface area contributed by atoms with Gasteiger partial charge in [-0.15, -0.1) is 0 Å². The summed E-state index contributed by atoms with van der Waals surface area (Å²) in [4.78, 5) is 43.5. The maximum Gasteiger partial charge on any atom is 0.225 e. The molecule has 9 heteroatoms. The maximum atomic E-state index is 13.7. The van der Waals surface area contributed by atoms with Crippen LogP contribution < -0.4 is 5.32 Å². The summed E-state index contributed by atoms with van der Waals surface area (Å²) in [6.45, 7) is 16.1. The minimum atomic E-state index is -0.776. The van der Waals surface area contributed by atoms with E-state index < -0.39 is 30.3 Å². The number of hydrogen-bond acceptors (Lipinski definition) is 6. The molecule has 3 amide bonds. The largest absolute Gasteiger partial charge is 0.387 e. The summed E-state index contributed by atoms with van der Waals surface area (Å²) in [5.74, 6) is -0.378. The minimum absolute atomic E-state index is 0.0529. The van der Waals surface area contributed by atoms with Crippen molar-refractivity contribution in [2.45, 2.75) is 124 Å². The summed E-state index contributed by atoms with van der Waals surface area (Å²) in [7, 11) is 4.99. The molecule has 1 rings (SSSR count). The standard InChI is InChI=1S/C31H57N3O6/c1-12-20(5)28(33(9)26(35)17-19(3)4)25(39-10)18-27(36)34-16-14-15-24(34)30(40-11)22(7)31(38)32-23(8)29(37)21(6)13-2/h13,19-20,22-25,28-30,37H,12,14-18H2,1-11H3,(H,32,38)/b21-13+/t20-,22+,23+,24-,25+,28-,29-,30+/m0/s1. The number of aliphatic hydroxyl groups is 1. The molecule has 0 bridgehead atoms. The highest BCUT2D eigenvalue weighted by atomic mass is 16.5. The number of aliphatic hydroxyl groups excluding tert-OH is 1. The average Bonchev–Trinajstić information content (AvgIpc) is 3.40. The third kappa shape index (κ3) is 9.55. The molecule has 1 aliphatic rings. The van der Waals surface area contributed by atoms with Crippen molar-refractivity contribution in [3.8, 4) is 0 Å². The van der Waals surface area contributed by atoms with Gasteiger partial charge in [-0.3, -0.25) is 14.4 Å². The van der Waals surface area contributed by atoms with Gasteiger partial charge in [0.15, 0.2) is 0 Å². The molecule has 232 valence electrons. The summed E-state index contributed by atoms with van der Waals surface area (Å²) >= 11 is 0. The number of ether oxygens (including phenoxy) is 2. The van der Waals surface area contributed by atoms with E-state index in [1.807, 2.05) is 45.7 Å². The van der Waals surface area contributed by atoms with Gasteiger partial charge in [-0.1, -0.05) is 47.1 Å². The molecule has 8 atom stereocenters. The second-order valence-electron chi connectivity index (χ2n) is 12.0. The molecule has 0 saturated carbocycles. The van der Waals surface area contributed by atoms with Crippen LogP contribution in [0.25, 0.3) is 0 Å². The number of rotatable bonds is 16. The Morgan fingerprint density at radius 3 is 2.23 bits per heavy atom. The van der Waals surface area contributed by atoms with Crippen LogP contribution in [0.2, 0.25) is 0 Å². The Morgan fingerprint density at radius 2 is 1.73 bits per heavy atom. The van der Waals surface area contributed by atoms with E-state index in [1.165, 1.54) is 0 Å². The normalized spacial score (nSPS) is 21.4. The monoisotopic (exact) mass is 567 g/mol. The van der Waals surface area contributed by atoms with E-state index in [4.69, 9.17) is 9.47 Å². The molecule has 0 radical (unpaired) electrons. The van der Waals surface area contributed by atoms with Crippen molar-refractivity contribution in [1.29, 1.82) is 0 Å². The van der Waals surface area contributed by atoms with Crippen molar-refractivity contribution in [2.75, 3.05) is 27.8 Å². The zero-order chi connectivity index (χ0) is 30.7. The number of likely N-dealkylation sites (tertiary alicyclic amines) is 1. The highest BCUT2D eigenvalue weighted by Gasteiger charge is 2.42. The molecule has 1 heterocycles. The number of methoxy groups -OCH3 is 2. The van der Waals surface area contributed by atoms with Crippen LogP contribution in [0.5, 0.6) is 0 Å². The predicted octanol–water partition coefficient (Wildman–Crippen LogP) is 3.78. The lowest BCUT2D eigenvalue weighted by molar-refractivity contribution is -0.146. The first-order valence-electron chi connectivity index (χ1n) is 15.0. The van der Waals surface area contributed by atoms with Crippen molar-refractivity contribution in [3.05, 3.63) is 11.6 Å². The van der Waals surface area contributed by atoms with Crippen LogP contribution in [0.4, 0.5) is 0 Å². The molecule has 2 N–H and O–H groups in total. The van der Waals surface area contributed by atoms with Crippen LogP contribution in [-0.4, -0.2) is 96.9 Å². The van der Waals surface area contributed by atoms with Crippen molar-refractivity contribution in [3.63, 3.8) is 0 Å². The molecule has 0 aromatic carbocycles. The van der Waals surface area contributed by atoms with Gasteiger partial charge >= 0.3 is 0 Å². The van der Waals surface area contributed by atoms with Gasteiger partial charge in [0.05, 0.1) is 48.8 Å². The van der Waals surface area contributed by atoms with E-state index in [2.05, 4.69) is 19.2 Å². The number of nitrogens with one attached hydrogen (secondary N) is 1. The van der Waals surface area contributed by atoms with Crippen LogP contribution >= 0.6 is 0 Å². The molecular formula is C31H57N3O6. The lowest BCUT2D eigenvalue weighted by Crippen LogP contribution is -2.54. The molecule has 0 aromatic heterocycles. The summed E-state index contributed by atoms with van der Waals surface area (Å²) in [5.41, 5.74) is 0.788. The Balaban J connectivity index is 3.07. The zero-order valence-corrected chi connectivity index (χ0v) is 26.9. The molecular weight excluding hydrogens is 510 g/mol. The van der Waals surface area contributed by atoms with Crippen LogP contribution in [0.15, 0.2) is 11.6 Å².